The maximum absolute atomic E-state index is 11.8. The first-order chi connectivity index (χ1) is 9.66. The number of carbonyl (C=O) groups is 1. The molecule has 2 aliphatic rings. The molecular formula is C16H23N2O2+. The molecule has 1 amide bonds. The number of carbonyl (C=O) groups excluding carboxylic acids is 1. The summed E-state index contributed by atoms with van der Waals surface area (Å²) in [5.74, 6) is 0.160. The highest BCUT2D eigenvalue weighted by Crippen LogP contribution is 2.28. The van der Waals surface area contributed by atoms with Crippen LogP contribution in [0.4, 0.5) is 0 Å². The van der Waals surface area contributed by atoms with E-state index in [0.717, 1.165) is 44.3 Å². The lowest BCUT2D eigenvalue weighted by atomic mass is 9.84. The topological polar surface area (TPSA) is 53.8 Å². The van der Waals surface area contributed by atoms with Crippen molar-refractivity contribution in [1.82, 2.24) is 5.32 Å². The molecule has 20 heavy (non-hydrogen) atoms. The molecule has 0 spiro atoms. The molecule has 4 heteroatoms. The Kier molecular flexibility index (Phi) is 3.76. The highest BCUT2D eigenvalue weighted by molar-refractivity contribution is 5.77. The van der Waals surface area contributed by atoms with Crippen LogP contribution in [0, 0.1) is 0 Å². The van der Waals surface area contributed by atoms with Crippen molar-refractivity contribution in [1.29, 1.82) is 0 Å². The lowest BCUT2D eigenvalue weighted by Crippen LogP contribution is -3.14. The number of benzene rings is 1. The summed E-state index contributed by atoms with van der Waals surface area (Å²) < 4.78 is 0. The van der Waals surface area contributed by atoms with Crippen molar-refractivity contribution < 1.29 is 14.8 Å². The molecule has 4 nitrogen and oxygen atoms in total. The van der Waals surface area contributed by atoms with Crippen molar-refractivity contribution in [2.75, 3.05) is 19.6 Å². The van der Waals surface area contributed by atoms with Crippen molar-refractivity contribution in [3.05, 3.63) is 35.9 Å². The predicted molar refractivity (Wildman–Crippen MR) is 76.3 cm³/mol. The standard InChI is InChI=1S/C16H22N2O2/c19-15(17-14-6-7-14)12-18-10-8-16(20,9-11-18)13-4-2-1-3-5-13/h1-5,14,20H,6-12H2,(H,17,19)/p+1. The van der Waals surface area contributed by atoms with Crippen LogP contribution in [0.5, 0.6) is 0 Å². The molecule has 1 heterocycles. The second kappa shape index (κ2) is 5.54. The maximum atomic E-state index is 11.8. The zero-order chi connectivity index (χ0) is 14.0. The van der Waals surface area contributed by atoms with Gasteiger partial charge in [-0.3, -0.25) is 4.79 Å². The molecule has 3 N–H and O–H groups in total. The van der Waals surface area contributed by atoms with Crippen molar-refractivity contribution in [2.24, 2.45) is 0 Å². The van der Waals surface area contributed by atoms with Crippen molar-refractivity contribution in [3.63, 3.8) is 0 Å². The molecule has 0 unspecified atom stereocenters. The van der Waals surface area contributed by atoms with E-state index in [1.807, 2.05) is 30.3 Å². The summed E-state index contributed by atoms with van der Waals surface area (Å²) in [6, 6.07) is 10.3. The fourth-order valence-corrected chi connectivity index (χ4v) is 2.96. The van der Waals surface area contributed by atoms with Gasteiger partial charge in [-0.15, -0.1) is 0 Å². The lowest BCUT2D eigenvalue weighted by Gasteiger charge is -2.36. The van der Waals surface area contributed by atoms with Crippen LogP contribution in [0.2, 0.25) is 0 Å². The normalized spacial score (nSPS) is 29.9. The summed E-state index contributed by atoms with van der Waals surface area (Å²) in [6.45, 7) is 2.24. The molecule has 0 bridgehead atoms. The Bertz CT molecular complexity index is 463. The average Bonchev–Trinajstić information content (AvgIpc) is 3.26. The first kappa shape index (κ1) is 13.6. The Morgan fingerprint density at radius 1 is 1.25 bits per heavy atom. The highest BCUT2D eigenvalue weighted by atomic mass is 16.3. The molecule has 3 rings (SSSR count). The van der Waals surface area contributed by atoms with Crippen molar-refractivity contribution >= 4 is 5.91 Å². The first-order valence-electron chi connectivity index (χ1n) is 7.56. The number of amides is 1. The maximum Gasteiger partial charge on any atom is 0.275 e. The minimum Gasteiger partial charge on any atom is -0.385 e. The van der Waals surface area contributed by atoms with Crippen LogP contribution in [0.25, 0.3) is 0 Å². The van der Waals surface area contributed by atoms with Crippen molar-refractivity contribution in [3.8, 4) is 0 Å². The summed E-state index contributed by atoms with van der Waals surface area (Å²) in [4.78, 5) is 13.1. The number of hydrogen-bond acceptors (Lipinski definition) is 2. The number of hydrogen-bond donors (Lipinski definition) is 3. The van der Waals surface area contributed by atoms with E-state index < -0.39 is 5.60 Å². The molecule has 1 aromatic carbocycles. The van der Waals surface area contributed by atoms with Gasteiger partial charge in [-0.05, 0) is 18.4 Å². The minimum atomic E-state index is -0.711. The van der Waals surface area contributed by atoms with Gasteiger partial charge in [0.2, 0.25) is 0 Å². The second-order valence-corrected chi connectivity index (χ2v) is 6.17. The fourth-order valence-electron chi connectivity index (χ4n) is 2.96. The number of quaternary nitrogens is 1. The summed E-state index contributed by atoms with van der Waals surface area (Å²) in [5, 5.41) is 13.8. The molecule has 0 radical (unpaired) electrons. The number of aliphatic hydroxyl groups is 1. The molecule has 0 aromatic heterocycles. The average molecular weight is 275 g/mol. The van der Waals surface area contributed by atoms with Gasteiger partial charge >= 0.3 is 0 Å². The third-order valence-electron chi connectivity index (χ3n) is 4.45. The Hall–Kier alpha value is -1.39. The Labute approximate surface area is 119 Å². The number of rotatable bonds is 4. The summed E-state index contributed by atoms with van der Waals surface area (Å²) in [6.07, 6.45) is 3.72. The van der Waals surface area contributed by atoms with E-state index in [-0.39, 0.29) is 5.91 Å². The highest BCUT2D eigenvalue weighted by Gasteiger charge is 2.36. The van der Waals surface area contributed by atoms with Gasteiger partial charge in [0.05, 0.1) is 13.1 Å². The van der Waals surface area contributed by atoms with Gasteiger partial charge in [-0.2, -0.15) is 0 Å². The molecule has 108 valence electrons. The number of likely N-dealkylation sites (tertiary alicyclic amines) is 1. The zero-order valence-corrected chi connectivity index (χ0v) is 11.8. The third-order valence-corrected chi connectivity index (χ3v) is 4.45. The second-order valence-electron chi connectivity index (χ2n) is 6.17. The van der Waals surface area contributed by atoms with Crippen LogP contribution in [-0.2, 0) is 10.4 Å². The molecule has 0 atom stereocenters. The van der Waals surface area contributed by atoms with E-state index >= 15 is 0 Å². The molecule has 1 saturated carbocycles. The van der Waals surface area contributed by atoms with Gasteiger partial charge in [0.15, 0.2) is 6.54 Å². The monoisotopic (exact) mass is 275 g/mol. The largest absolute Gasteiger partial charge is 0.385 e. The molecule has 1 aromatic rings. The van der Waals surface area contributed by atoms with Crippen LogP contribution >= 0.6 is 0 Å². The van der Waals surface area contributed by atoms with E-state index in [1.54, 1.807) is 0 Å². The van der Waals surface area contributed by atoms with Crippen LogP contribution in [0.3, 0.4) is 0 Å². The number of nitrogens with one attached hydrogen (secondary N) is 2. The minimum absolute atomic E-state index is 0.160. The van der Waals surface area contributed by atoms with E-state index in [4.69, 9.17) is 0 Å². The van der Waals surface area contributed by atoms with E-state index in [0.29, 0.717) is 12.6 Å². The van der Waals surface area contributed by atoms with Crippen LogP contribution < -0.4 is 10.2 Å². The van der Waals surface area contributed by atoms with E-state index in [9.17, 15) is 9.90 Å². The van der Waals surface area contributed by atoms with Crippen molar-refractivity contribution in [2.45, 2.75) is 37.3 Å². The molecule has 1 saturated heterocycles. The summed E-state index contributed by atoms with van der Waals surface area (Å²) >= 11 is 0. The molecule has 1 aliphatic carbocycles. The van der Waals surface area contributed by atoms with Crippen LogP contribution in [0.15, 0.2) is 30.3 Å². The van der Waals surface area contributed by atoms with E-state index in [1.165, 1.54) is 4.90 Å². The Morgan fingerprint density at radius 3 is 2.50 bits per heavy atom. The van der Waals surface area contributed by atoms with Gasteiger partial charge in [-0.25, -0.2) is 0 Å². The summed E-state index contributed by atoms with van der Waals surface area (Å²) in [7, 11) is 0. The van der Waals surface area contributed by atoms with Crippen LogP contribution in [-0.4, -0.2) is 36.7 Å². The Balaban J connectivity index is 1.52. The Morgan fingerprint density at radius 2 is 1.90 bits per heavy atom. The molecule has 2 fully saturated rings. The van der Waals surface area contributed by atoms with Gasteiger partial charge in [0.25, 0.3) is 5.91 Å². The lowest BCUT2D eigenvalue weighted by molar-refractivity contribution is -0.900. The predicted octanol–water partition coefficient (Wildman–Crippen LogP) is -0.168. The smallest absolute Gasteiger partial charge is 0.275 e. The molecular weight excluding hydrogens is 252 g/mol. The van der Waals surface area contributed by atoms with Gasteiger partial charge < -0.3 is 15.3 Å². The third kappa shape index (κ3) is 3.19. The quantitative estimate of drug-likeness (QED) is 0.715. The first-order valence-corrected chi connectivity index (χ1v) is 7.56. The molecule has 1 aliphatic heterocycles. The van der Waals surface area contributed by atoms with Gasteiger partial charge in [0.1, 0.15) is 5.60 Å². The fraction of sp³-hybridized carbons (Fsp3) is 0.562. The van der Waals surface area contributed by atoms with Gasteiger partial charge in [0, 0.05) is 18.9 Å². The number of piperidine rings is 1. The van der Waals surface area contributed by atoms with Crippen LogP contribution in [0.1, 0.15) is 31.2 Å². The zero-order valence-electron chi connectivity index (χ0n) is 11.8. The van der Waals surface area contributed by atoms with E-state index in [2.05, 4.69) is 5.32 Å². The van der Waals surface area contributed by atoms with Gasteiger partial charge in [-0.1, -0.05) is 30.3 Å². The summed E-state index contributed by atoms with van der Waals surface area (Å²) in [5.41, 5.74) is 0.291. The SMILES string of the molecule is O=C(C[NH+]1CCC(O)(c2ccccc2)CC1)NC1CC1.